The molecule has 0 spiro atoms. The van der Waals surface area contributed by atoms with Crippen LogP contribution in [0.15, 0.2) is 48.5 Å². The van der Waals surface area contributed by atoms with Crippen LogP contribution in [0.25, 0.3) is 0 Å². The van der Waals surface area contributed by atoms with Crippen LogP contribution in [0.4, 0.5) is 10.1 Å². The minimum atomic E-state index is -3.76. The van der Waals surface area contributed by atoms with Gasteiger partial charge in [0.25, 0.3) is 0 Å². The van der Waals surface area contributed by atoms with Crippen molar-refractivity contribution in [2.45, 2.75) is 19.5 Å². The van der Waals surface area contributed by atoms with E-state index < -0.39 is 40.2 Å². The average Bonchev–Trinajstić information content (AvgIpc) is 2.70. The van der Waals surface area contributed by atoms with E-state index in [-0.39, 0.29) is 6.54 Å². The second-order valence-electron chi connectivity index (χ2n) is 6.68. The first-order chi connectivity index (χ1) is 14.0. The average molecular weight is 547 g/mol. The zero-order chi connectivity index (χ0) is 22.5. The molecule has 0 unspecified atom stereocenters. The molecule has 30 heavy (non-hydrogen) atoms. The Balaban J connectivity index is 2.35. The third-order valence-corrected chi connectivity index (χ3v) is 6.33. The fourth-order valence-corrected chi connectivity index (χ4v) is 4.01. The van der Waals surface area contributed by atoms with E-state index in [0.29, 0.717) is 11.3 Å². The highest BCUT2D eigenvalue weighted by molar-refractivity contribution is 14.1. The first-order valence-corrected chi connectivity index (χ1v) is 11.9. The van der Waals surface area contributed by atoms with Crippen molar-refractivity contribution in [1.29, 1.82) is 0 Å². The van der Waals surface area contributed by atoms with Crippen LogP contribution >= 0.6 is 22.6 Å². The lowest BCUT2D eigenvalue weighted by Crippen LogP contribution is -2.50. The van der Waals surface area contributed by atoms with E-state index in [1.165, 1.54) is 36.2 Å². The molecular weight excluding hydrogens is 524 g/mol. The molecule has 162 valence electrons. The Morgan fingerprint density at radius 1 is 1.10 bits per heavy atom. The number of sulfonamides is 1. The van der Waals surface area contributed by atoms with Crippen molar-refractivity contribution in [3.8, 4) is 0 Å². The summed E-state index contributed by atoms with van der Waals surface area (Å²) in [6.45, 7) is 1.11. The first kappa shape index (κ1) is 24.1. The van der Waals surface area contributed by atoms with Gasteiger partial charge in [-0.15, -0.1) is 0 Å². The van der Waals surface area contributed by atoms with Gasteiger partial charge in [0, 0.05) is 17.2 Å². The predicted octanol–water partition coefficient (Wildman–Crippen LogP) is 2.36. The van der Waals surface area contributed by atoms with Crippen molar-refractivity contribution in [2.75, 3.05) is 24.2 Å². The molecule has 0 aliphatic rings. The molecule has 2 aromatic rings. The number of hydrogen-bond donors (Lipinski definition) is 1. The smallest absolute Gasteiger partial charge is 0.244 e. The van der Waals surface area contributed by atoms with Gasteiger partial charge in [0.2, 0.25) is 21.8 Å². The van der Waals surface area contributed by atoms with Gasteiger partial charge in [0.05, 0.1) is 11.9 Å². The van der Waals surface area contributed by atoms with Crippen molar-refractivity contribution in [3.05, 3.63) is 63.5 Å². The highest BCUT2D eigenvalue weighted by Gasteiger charge is 2.29. The summed E-state index contributed by atoms with van der Waals surface area (Å²) in [6.07, 6.45) is 1.02. The number of amides is 2. The Bertz CT molecular complexity index is 998. The third-order valence-electron chi connectivity index (χ3n) is 4.47. The first-order valence-electron chi connectivity index (χ1n) is 9.01. The highest BCUT2D eigenvalue weighted by atomic mass is 127. The number of carbonyl (C=O) groups is 2. The minimum absolute atomic E-state index is 0.0258. The minimum Gasteiger partial charge on any atom is -0.357 e. The quantitative estimate of drug-likeness (QED) is 0.515. The summed E-state index contributed by atoms with van der Waals surface area (Å²) in [5.74, 6) is -1.37. The molecule has 0 aliphatic heterocycles. The number of rotatable bonds is 8. The largest absolute Gasteiger partial charge is 0.357 e. The van der Waals surface area contributed by atoms with E-state index in [9.17, 15) is 22.4 Å². The van der Waals surface area contributed by atoms with Crippen LogP contribution < -0.4 is 9.62 Å². The summed E-state index contributed by atoms with van der Waals surface area (Å²) in [6, 6.07) is 11.4. The molecule has 0 heterocycles. The van der Waals surface area contributed by atoms with Crippen LogP contribution in [-0.2, 0) is 26.2 Å². The van der Waals surface area contributed by atoms with Crippen molar-refractivity contribution >= 4 is 50.1 Å². The Labute approximate surface area is 189 Å². The van der Waals surface area contributed by atoms with Crippen LogP contribution in [0, 0.1) is 9.39 Å². The number of nitrogens with one attached hydrogen (secondary N) is 1. The number of halogens is 2. The topological polar surface area (TPSA) is 86.8 Å². The molecular formula is C20H23FIN3O4S. The fraction of sp³-hybridized carbons (Fsp3) is 0.300. The predicted molar refractivity (Wildman–Crippen MR) is 122 cm³/mol. The normalized spacial score (nSPS) is 12.2. The van der Waals surface area contributed by atoms with Gasteiger partial charge in [-0.3, -0.25) is 13.9 Å². The van der Waals surface area contributed by atoms with Crippen LogP contribution in [0.5, 0.6) is 0 Å². The van der Waals surface area contributed by atoms with Crippen molar-refractivity contribution in [1.82, 2.24) is 10.2 Å². The maximum absolute atomic E-state index is 13.2. The van der Waals surface area contributed by atoms with Crippen molar-refractivity contribution in [3.63, 3.8) is 0 Å². The van der Waals surface area contributed by atoms with Crippen molar-refractivity contribution < 1.29 is 22.4 Å². The number of carbonyl (C=O) groups excluding carboxylic acids is 2. The molecule has 2 aromatic carbocycles. The zero-order valence-corrected chi connectivity index (χ0v) is 19.8. The molecule has 0 saturated carbocycles. The molecule has 1 atom stereocenters. The van der Waals surface area contributed by atoms with E-state index in [0.717, 1.165) is 14.1 Å². The van der Waals surface area contributed by atoms with Crippen LogP contribution in [0.3, 0.4) is 0 Å². The molecule has 2 rings (SSSR count). The Morgan fingerprint density at radius 3 is 2.17 bits per heavy atom. The molecule has 0 saturated heterocycles. The Kier molecular flexibility index (Phi) is 8.18. The number of benzene rings is 2. The van der Waals surface area contributed by atoms with E-state index >= 15 is 0 Å². The molecule has 0 fully saturated rings. The molecule has 10 heteroatoms. The molecule has 1 N–H and O–H groups in total. The zero-order valence-electron chi connectivity index (χ0n) is 16.8. The van der Waals surface area contributed by atoms with Crippen LogP contribution in [-0.4, -0.2) is 51.0 Å². The molecule has 0 bridgehead atoms. The van der Waals surface area contributed by atoms with E-state index in [1.54, 1.807) is 31.2 Å². The van der Waals surface area contributed by atoms with Gasteiger partial charge < -0.3 is 10.2 Å². The van der Waals surface area contributed by atoms with E-state index in [2.05, 4.69) is 27.9 Å². The summed E-state index contributed by atoms with van der Waals surface area (Å²) in [5.41, 5.74) is 0.960. The van der Waals surface area contributed by atoms with Gasteiger partial charge in [0.15, 0.2) is 0 Å². The summed E-state index contributed by atoms with van der Waals surface area (Å²) >= 11 is 2.10. The monoisotopic (exact) mass is 547 g/mol. The molecule has 0 aliphatic carbocycles. The van der Waals surface area contributed by atoms with E-state index in [1.807, 2.05) is 0 Å². The van der Waals surface area contributed by atoms with Gasteiger partial charge >= 0.3 is 0 Å². The van der Waals surface area contributed by atoms with Crippen molar-refractivity contribution in [2.24, 2.45) is 0 Å². The lowest BCUT2D eigenvalue weighted by molar-refractivity contribution is -0.139. The highest BCUT2D eigenvalue weighted by Crippen LogP contribution is 2.20. The number of anilines is 1. The molecule has 2 amide bonds. The third kappa shape index (κ3) is 6.39. The lowest BCUT2D eigenvalue weighted by Gasteiger charge is -2.31. The van der Waals surface area contributed by atoms with E-state index in [4.69, 9.17) is 0 Å². The molecule has 0 aromatic heterocycles. The van der Waals surface area contributed by atoms with Gasteiger partial charge in [-0.25, -0.2) is 12.8 Å². The standard InChI is InChI=1S/C20H23FIN3O4S/c1-14(20(27)23-2)24(12-15-4-6-16(21)7-5-15)19(26)13-25(30(3,28)29)18-10-8-17(22)9-11-18/h4-11,14H,12-13H2,1-3H3,(H,23,27)/t14-/m1/s1. The number of nitrogens with zero attached hydrogens (tertiary/aromatic N) is 2. The maximum atomic E-state index is 13.2. The van der Waals surface area contributed by atoms with Gasteiger partial charge in [-0.1, -0.05) is 12.1 Å². The summed E-state index contributed by atoms with van der Waals surface area (Å²) in [7, 11) is -2.30. The Morgan fingerprint density at radius 2 is 1.67 bits per heavy atom. The second-order valence-corrected chi connectivity index (χ2v) is 9.84. The fourth-order valence-electron chi connectivity index (χ4n) is 2.80. The maximum Gasteiger partial charge on any atom is 0.244 e. The number of likely N-dealkylation sites (N-methyl/N-ethyl adjacent to an activating group) is 1. The van der Waals surface area contributed by atoms with Gasteiger partial charge in [-0.05, 0) is 71.5 Å². The number of hydrogen-bond acceptors (Lipinski definition) is 4. The SMILES string of the molecule is CNC(=O)[C@@H](C)N(Cc1ccc(F)cc1)C(=O)CN(c1ccc(I)cc1)S(C)(=O)=O. The van der Waals surface area contributed by atoms with Crippen LogP contribution in [0.2, 0.25) is 0 Å². The second kappa shape index (κ2) is 10.2. The van der Waals surface area contributed by atoms with Crippen LogP contribution in [0.1, 0.15) is 12.5 Å². The summed E-state index contributed by atoms with van der Waals surface area (Å²) < 4.78 is 39.9. The molecule has 7 nitrogen and oxygen atoms in total. The Hall–Kier alpha value is -2.21. The molecule has 0 radical (unpaired) electrons. The summed E-state index contributed by atoms with van der Waals surface area (Å²) in [5, 5.41) is 2.49. The van der Waals surface area contributed by atoms with Gasteiger partial charge in [0.1, 0.15) is 18.4 Å². The lowest BCUT2D eigenvalue weighted by atomic mass is 10.1. The summed E-state index contributed by atoms with van der Waals surface area (Å²) in [4.78, 5) is 26.6. The van der Waals surface area contributed by atoms with Gasteiger partial charge in [-0.2, -0.15) is 0 Å².